The van der Waals surface area contributed by atoms with E-state index in [1.807, 2.05) is 6.07 Å². The molecule has 2 rings (SSSR count). The molecule has 13 heavy (non-hydrogen) atoms. The number of H-pyrrole nitrogens is 1. The fourth-order valence-corrected chi connectivity index (χ4v) is 1.36. The predicted octanol–water partition coefficient (Wildman–Crippen LogP) is 2.83. The standard InChI is InChI=1S/C9H4ClFN2/c10-7-2-5-1-6(4-12)13-9(5)3-8(7)11/h1-3,13H. The number of rotatable bonds is 0. The van der Waals surface area contributed by atoms with E-state index in [0.717, 1.165) is 5.39 Å². The minimum atomic E-state index is -0.486. The first kappa shape index (κ1) is 8.09. The maximum Gasteiger partial charge on any atom is 0.143 e. The second-order valence-corrected chi connectivity index (χ2v) is 3.06. The minimum Gasteiger partial charge on any atom is -0.346 e. The van der Waals surface area contributed by atoms with E-state index >= 15 is 0 Å². The Morgan fingerprint density at radius 1 is 1.38 bits per heavy atom. The molecule has 4 heteroatoms. The Morgan fingerprint density at radius 2 is 2.15 bits per heavy atom. The van der Waals surface area contributed by atoms with Gasteiger partial charge in [-0.05, 0) is 18.2 Å². The first-order chi connectivity index (χ1) is 6.20. The summed E-state index contributed by atoms with van der Waals surface area (Å²) >= 11 is 5.57. The number of fused-ring (bicyclic) bond motifs is 1. The largest absolute Gasteiger partial charge is 0.346 e. The fraction of sp³-hybridized carbons (Fsp3) is 0. The van der Waals surface area contributed by atoms with Gasteiger partial charge in [0.25, 0.3) is 0 Å². The summed E-state index contributed by atoms with van der Waals surface area (Å²) in [6.45, 7) is 0. The lowest BCUT2D eigenvalue weighted by molar-refractivity contribution is 0.630. The first-order valence-electron chi connectivity index (χ1n) is 3.58. The van der Waals surface area contributed by atoms with Crippen molar-refractivity contribution in [2.45, 2.75) is 0 Å². The molecule has 0 fully saturated rings. The molecule has 0 aliphatic rings. The number of benzene rings is 1. The van der Waals surface area contributed by atoms with Crippen LogP contribution < -0.4 is 0 Å². The summed E-state index contributed by atoms with van der Waals surface area (Å²) in [4.78, 5) is 2.75. The minimum absolute atomic E-state index is 0.0657. The molecule has 0 spiro atoms. The van der Waals surface area contributed by atoms with Gasteiger partial charge in [0.2, 0.25) is 0 Å². The molecule has 0 saturated carbocycles. The molecule has 0 bridgehead atoms. The van der Waals surface area contributed by atoms with Crippen molar-refractivity contribution in [1.29, 1.82) is 5.26 Å². The van der Waals surface area contributed by atoms with Crippen LogP contribution in [-0.4, -0.2) is 4.98 Å². The molecule has 1 aromatic carbocycles. The molecule has 1 N–H and O–H groups in total. The van der Waals surface area contributed by atoms with Gasteiger partial charge < -0.3 is 4.98 Å². The number of hydrogen-bond donors (Lipinski definition) is 1. The van der Waals surface area contributed by atoms with Crippen LogP contribution in [0.25, 0.3) is 10.9 Å². The third-order valence-corrected chi connectivity index (χ3v) is 2.07. The van der Waals surface area contributed by atoms with Crippen molar-refractivity contribution in [2.24, 2.45) is 0 Å². The molecule has 0 amide bonds. The number of halogens is 2. The van der Waals surface area contributed by atoms with E-state index in [2.05, 4.69) is 4.98 Å². The zero-order valence-electron chi connectivity index (χ0n) is 6.44. The van der Waals surface area contributed by atoms with E-state index in [0.29, 0.717) is 11.2 Å². The second kappa shape index (κ2) is 2.75. The topological polar surface area (TPSA) is 39.6 Å². The lowest BCUT2D eigenvalue weighted by atomic mass is 10.2. The van der Waals surface area contributed by atoms with Crippen molar-refractivity contribution < 1.29 is 4.39 Å². The van der Waals surface area contributed by atoms with Crippen LogP contribution in [0.2, 0.25) is 5.02 Å². The fourth-order valence-electron chi connectivity index (χ4n) is 1.19. The summed E-state index contributed by atoms with van der Waals surface area (Å²) in [5.41, 5.74) is 0.982. The van der Waals surface area contributed by atoms with E-state index < -0.39 is 5.82 Å². The van der Waals surface area contributed by atoms with E-state index in [9.17, 15) is 4.39 Å². The molecule has 64 valence electrons. The predicted molar refractivity (Wildman–Crippen MR) is 48.0 cm³/mol. The van der Waals surface area contributed by atoms with Crippen LogP contribution in [0.5, 0.6) is 0 Å². The van der Waals surface area contributed by atoms with Gasteiger partial charge in [0.15, 0.2) is 0 Å². The molecule has 0 radical (unpaired) electrons. The molecule has 0 atom stereocenters. The Morgan fingerprint density at radius 3 is 2.85 bits per heavy atom. The van der Waals surface area contributed by atoms with Gasteiger partial charge in [-0.3, -0.25) is 0 Å². The van der Waals surface area contributed by atoms with Crippen molar-refractivity contribution in [3.05, 3.63) is 34.7 Å². The van der Waals surface area contributed by atoms with Crippen LogP contribution in [0.1, 0.15) is 5.69 Å². The van der Waals surface area contributed by atoms with Crippen LogP contribution in [0.3, 0.4) is 0 Å². The normalized spacial score (nSPS) is 10.2. The molecule has 1 aromatic heterocycles. The summed E-state index contributed by atoms with van der Waals surface area (Å²) in [7, 11) is 0. The monoisotopic (exact) mass is 194 g/mol. The molecule has 0 unspecified atom stereocenters. The van der Waals surface area contributed by atoms with E-state index in [1.54, 1.807) is 6.07 Å². The van der Waals surface area contributed by atoms with Crippen LogP contribution in [0, 0.1) is 17.1 Å². The summed E-state index contributed by atoms with van der Waals surface area (Å²) < 4.78 is 12.9. The van der Waals surface area contributed by atoms with Crippen molar-refractivity contribution in [1.82, 2.24) is 4.98 Å². The van der Waals surface area contributed by atoms with Gasteiger partial charge in [-0.1, -0.05) is 11.6 Å². The highest BCUT2D eigenvalue weighted by Crippen LogP contribution is 2.22. The molecule has 1 heterocycles. The molecule has 0 aliphatic heterocycles. The second-order valence-electron chi connectivity index (χ2n) is 2.65. The SMILES string of the molecule is N#Cc1cc2cc(Cl)c(F)cc2[nH]1. The maximum atomic E-state index is 12.9. The molecular weight excluding hydrogens is 191 g/mol. The van der Waals surface area contributed by atoms with Crippen molar-refractivity contribution in [3.63, 3.8) is 0 Å². The summed E-state index contributed by atoms with van der Waals surface area (Å²) in [5.74, 6) is -0.486. The Labute approximate surface area is 78.5 Å². The Kier molecular flexibility index (Phi) is 1.71. The highest BCUT2D eigenvalue weighted by atomic mass is 35.5. The van der Waals surface area contributed by atoms with Gasteiger partial charge >= 0.3 is 0 Å². The van der Waals surface area contributed by atoms with Crippen LogP contribution in [0.4, 0.5) is 4.39 Å². The average molecular weight is 195 g/mol. The summed E-state index contributed by atoms with van der Waals surface area (Å²) in [6, 6.07) is 6.33. The van der Waals surface area contributed by atoms with Crippen LogP contribution >= 0.6 is 11.6 Å². The molecule has 0 saturated heterocycles. The number of aromatic amines is 1. The maximum absolute atomic E-state index is 12.9. The highest BCUT2D eigenvalue weighted by molar-refractivity contribution is 6.31. The first-order valence-corrected chi connectivity index (χ1v) is 3.96. The van der Waals surface area contributed by atoms with Crippen LogP contribution in [-0.2, 0) is 0 Å². The Hall–Kier alpha value is -1.53. The lowest BCUT2D eigenvalue weighted by Gasteiger charge is -1.92. The van der Waals surface area contributed by atoms with Crippen molar-refractivity contribution >= 4 is 22.5 Å². The summed E-state index contributed by atoms with van der Waals surface area (Å²) in [6.07, 6.45) is 0. The molecule has 2 aromatic rings. The Balaban J connectivity index is 2.79. The van der Waals surface area contributed by atoms with Gasteiger partial charge in [0.1, 0.15) is 17.6 Å². The van der Waals surface area contributed by atoms with Gasteiger partial charge in [-0.2, -0.15) is 5.26 Å². The van der Waals surface area contributed by atoms with Gasteiger partial charge in [0, 0.05) is 10.9 Å². The van der Waals surface area contributed by atoms with Gasteiger partial charge in [-0.15, -0.1) is 0 Å². The van der Waals surface area contributed by atoms with Crippen molar-refractivity contribution in [2.75, 3.05) is 0 Å². The van der Waals surface area contributed by atoms with Gasteiger partial charge in [0.05, 0.1) is 5.02 Å². The molecule has 2 nitrogen and oxygen atoms in total. The zero-order chi connectivity index (χ0) is 9.42. The number of nitrogens with one attached hydrogen (secondary N) is 1. The molecule has 0 aliphatic carbocycles. The van der Waals surface area contributed by atoms with E-state index in [1.165, 1.54) is 12.1 Å². The number of nitriles is 1. The van der Waals surface area contributed by atoms with E-state index in [-0.39, 0.29) is 5.02 Å². The third kappa shape index (κ3) is 1.25. The highest BCUT2D eigenvalue weighted by Gasteiger charge is 2.04. The van der Waals surface area contributed by atoms with E-state index in [4.69, 9.17) is 16.9 Å². The zero-order valence-corrected chi connectivity index (χ0v) is 7.19. The quantitative estimate of drug-likeness (QED) is 0.688. The smallest absolute Gasteiger partial charge is 0.143 e. The number of nitrogens with zero attached hydrogens (tertiary/aromatic N) is 1. The Bertz CT molecular complexity index is 471. The van der Waals surface area contributed by atoms with Crippen molar-refractivity contribution in [3.8, 4) is 6.07 Å². The number of hydrogen-bond acceptors (Lipinski definition) is 1. The van der Waals surface area contributed by atoms with Gasteiger partial charge in [-0.25, -0.2) is 4.39 Å². The van der Waals surface area contributed by atoms with Crippen LogP contribution in [0.15, 0.2) is 18.2 Å². The third-order valence-electron chi connectivity index (χ3n) is 1.78. The molecular formula is C9H4ClFN2. The number of aromatic nitrogens is 1. The summed E-state index contributed by atoms with van der Waals surface area (Å²) in [5, 5.41) is 9.37. The lowest BCUT2D eigenvalue weighted by Crippen LogP contribution is -1.76. The average Bonchev–Trinajstić information content (AvgIpc) is 2.48.